The van der Waals surface area contributed by atoms with Crippen LogP contribution in [0.1, 0.15) is 24.8 Å². The number of benzene rings is 1. The number of hydrogen-bond donors (Lipinski definition) is 0. The molecule has 4 heteroatoms. The van der Waals surface area contributed by atoms with Gasteiger partial charge in [-0.15, -0.1) is 0 Å². The lowest BCUT2D eigenvalue weighted by atomic mass is 9.70. The molecule has 0 amide bonds. The summed E-state index contributed by atoms with van der Waals surface area (Å²) in [6.07, 6.45) is 3.08. The molecular formula is C18H23NO3. The molecule has 1 fully saturated rings. The third kappa shape index (κ3) is 3.28. The van der Waals surface area contributed by atoms with Crippen LogP contribution >= 0.6 is 0 Å². The smallest absolute Gasteiger partial charge is 0.330 e. The predicted octanol–water partition coefficient (Wildman–Crippen LogP) is 2.54. The van der Waals surface area contributed by atoms with E-state index in [0.29, 0.717) is 12.8 Å². The van der Waals surface area contributed by atoms with Crippen LogP contribution in [-0.2, 0) is 19.9 Å². The summed E-state index contributed by atoms with van der Waals surface area (Å²) in [7, 11) is 4.07. The Morgan fingerprint density at radius 2 is 2.09 bits per heavy atom. The highest BCUT2D eigenvalue weighted by Gasteiger charge is 2.43. The van der Waals surface area contributed by atoms with Gasteiger partial charge in [0.15, 0.2) is 0 Å². The summed E-state index contributed by atoms with van der Waals surface area (Å²) < 4.78 is 5.11. The van der Waals surface area contributed by atoms with E-state index < -0.39 is 5.97 Å². The standard InChI is InChI=1S/C18H23NO3/c1-4-17(21)22-13-14-12-18(19(2)3,11-10-16(14)20)15-8-6-5-7-9-15/h4-9,14H,1,10-13H2,2-3H3. The lowest BCUT2D eigenvalue weighted by Gasteiger charge is -2.45. The molecule has 0 radical (unpaired) electrons. The van der Waals surface area contributed by atoms with Gasteiger partial charge < -0.3 is 4.74 Å². The summed E-state index contributed by atoms with van der Waals surface area (Å²) in [5.41, 5.74) is 1.01. The Kier molecular flexibility index (Phi) is 5.14. The van der Waals surface area contributed by atoms with E-state index in [4.69, 9.17) is 4.74 Å². The van der Waals surface area contributed by atoms with Crippen LogP contribution in [0.4, 0.5) is 0 Å². The number of Topliss-reactive ketones (excluding diaryl/α,β-unsaturated/α-hetero) is 1. The average Bonchev–Trinajstić information content (AvgIpc) is 2.54. The summed E-state index contributed by atoms with van der Waals surface area (Å²) in [4.78, 5) is 25.6. The summed E-state index contributed by atoms with van der Waals surface area (Å²) in [6, 6.07) is 10.2. The second kappa shape index (κ2) is 6.88. The molecule has 0 aromatic heterocycles. The van der Waals surface area contributed by atoms with E-state index in [1.807, 2.05) is 32.3 Å². The number of nitrogens with zero attached hydrogens (tertiary/aromatic N) is 1. The molecule has 0 aliphatic heterocycles. The van der Waals surface area contributed by atoms with Crippen molar-refractivity contribution in [1.82, 2.24) is 4.90 Å². The lowest BCUT2D eigenvalue weighted by Crippen LogP contribution is -2.48. The highest BCUT2D eigenvalue weighted by Crippen LogP contribution is 2.42. The Hall–Kier alpha value is -1.94. The van der Waals surface area contributed by atoms with Gasteiger partial charge >= 0.3 is 5.97 Å². The molecule has 1 aliphatic rings. The highest BCUT2D eigenvalue weighted by molar-refractivity contribution is 5.84. The summed E-state index contributed by atoms with van der Waals surface area (Å²) >= 11 is 0. The minimum absolute atomic E-state index is 0.131. The molecule has 118 valence electrons. The molecule has 2 rings (SSSR count). The fraction of sp³-hybridized carbons (Fsp3) is 0.444. The fourth-order valence-electron chi connectivity index (χ4n) is 3.23. The van der Waals surface area contributed by atoms with Crippen LogP contribution in [0, 0.1) is 5.92 Å². The normalized spacial score (nSPS) is 25.0. The molecule has 1 aromatic carbocycles. The summed E-state index contributed by atoms with van der Waals surface area (Å²) in [5, 5.41) is 0. The number of rotatable bonds is 5. The van der Waals surface area contributed by atoms with E-state index in [1.54, 1.807) is 0 Å². The molecule has 0 heterocycles. The Morgan fingerprint density at radius 1 is 1.41 bits per heavy atom. The zero-order chi connectivity index (χ0) is 16.2. The first-order chi connectivity index (χ1) is 10.5. The number of carbonyl (C=O) groups is 2. The summed E-state index contributed by atoms with van der Waals surface area (Å²) in [6.45, 7) is 3.51. The number of hydrogen-bond acceptors (Lipinski definition) is 4. The molecule has 1 saturated carbocycles. The van der Waals surface area contributed by atoms with Crippen molar-refractivity contribution in [1.29, 1.82) is 0 Å². The van der Waals surface area contributed by atoms with Crippen molar-refractivity contribution in [2.24, 2.45) is 5.92 Å². The molecular weight excluding hydrogens is 278 g/mol. The second-order valence-electron chi connectivity index (χ2n) is 5.99. The molecule has 0 N–H and O–H groups in total. The van der Waals surface area contributed by atoms with Crippen LogP contribution in [0.15, 0.2) is 43.0 Å². The molecule has 2 unspecified atom stereocenters. The van der Waals surface area contributed by atoms with Crippen LogP contribution in [0.25, 0.3) is 0 Å². The minimum atomic E-state index is -0.478. The van der Waals surface area contributed by atoms with Gasteiger partial charge in [0.25, 0.3) is 0 Å². The van der Waals surface area contributed by atoms with Gasteiger partial charge in [-0.1, -0.05) is 36.9 Å². The predicted molar refractivity (Wildman–Crippen MR) is 85.3 cm³/mol. The first kappa shape index (κ1) is 16.4. The maximum atomic E-state index is 12.2. The molecule has 4 nitrogen and oxygen atoms in total. The number of ether oxygens (including phenoxy) is 1. The Morgan fingerprint density at radius 3 is 2.68 bits per heavy atom. The topological polar surface area (TPSA) is 46.6 Å². The Bertz CT molecular complexity index is 553. The van der Waals surface area contributed by atoms with Crippen molar-refractivity contribution in [3.63, 3.8) is 0 Å². The second-order valence-corrected chi connectivity index (χ2v) is 5.99. The van der Waals surface area contributed by atoms with Crippen LogP contribution < -0.4 is 0 Å². The van der Waals surface area contributed by atoms with Crippen LogP contribution in [0.3, 0.4) is 0 Å². The maximum Gasteiger partial charge on any atom is 0.330 e. The zero-order valence-electron chi connectivity index (χ0n) is 13.2. The number of esters is 1. The van der Waals surface area contributed by atoms with Crippen molar-refractivity contribution in [3.8, 4) is 0 Å². The molecule has 0 bridgehead atoms. The molecule has 1 aromatic rings. The highest BCUT2D eigenvalue weighted by atomic mass is 16.5. The molecule has 2 atom stereocenters. The minimum Gasteiger partial charge on any atom is -0.462 e. The molecule has 1 aliphatic carbocycles. The van der Waals surface area contributed by atoms with E-state index in [-0.39, 0.29) is 23.8 Å². The third-order valence-electron chi connectivity index (χ3n) is 4.59. The third-order valence-corrected chi connectivity index (χ3v) is 4.59. The van der Waals surface area contributed by atoms with Gasteiger partial charge in [0, 0.05) is 18.0 Å². The van der Waals surface area contributed by atoms with Crippen LogP contribution in [0.5, 0.6) is 0 Å². The van der Waals surface area contributed by atoms with Crippen molar-refractivity contribution in [3.05, 3.63) is 48.6 Å². The van der Waals surface area contributed by atoms with Crippen LogP contribution in [0.2, 0.25) is 0 Å². The SMILES string of the molecule is C=CC(=O)OCC1CC(c2ccccc2)(N(C)C)CCC1=O. The van der Waals surface area contributed by atoms with Crippen molar-refractivity contribution in [2.45, 2.75) is 24.8 Å². The van der Waals surface area contributed by atoms with Gasteiger partial charge in [-0.2, -0.15) is 0 Å². The van der Waals surface area contributed by atoms with Gasteiger partial charge in [-0.3, -0.25) is 9.69 Å². The van der Waals surface area contributed by atoms with Crippen LogP contribution in [-0.4, -0.2) is 37.4 Å². The molecule has 0 saturated heterocycles. The van der Waals surface area contributed by atoms with Crippen molar-refractivity contribution in [2.75, 3.05) is 20.7 Å². The van der Waals surface area contributed by atoms with E-state index in [1.165, 1.54) is 5.56 Å². The van der Waals surface area contributed by atoms with Gasteiger partial charge in [-0.25, -0.2) is 4.79 Å². The van der Waals surface area contributed by atoms with Gasteiger partial charge in [-0.05, 0) is 32.5 Å². The zero-order valence-corrected chi connectivity index (χ0v) is 13.2. The lowest BCUT2D eigenvalue weighted by molar-refractivity contribution is -0.143. The molecule has 0 spiro atoms. The number of carbonyl (C=O) groups excluding carboxylic acids is 2. The van der Waals surface area contributed by atoms with E-state index >= 15 is 0 Å². The largest absolute Gasteiger partial charge is 0.462 e. The van der Waals surface area contributed by atoms with Gasteiger partial charge in [0.2, 0.25) is 0 Å². The van der Waals surface area contributed by atoms with Crippen molar-refractivity contribution >= 4 is 11.8 Å². The first-order valence-electron chi connectivity index (χ1n) is 7.54. The monoisotopic (exact) mass is 301 g/mol. The Labute approximate surface area is 131 Å². The quantitative estimate of drug-likeness (QED) is 0.619. The van der Waals surface area contributed by atoms with Gasteiger partial charge in [0.05, 0.1) is 5.92 Å². The average molecular weight is 301 g/mol. The summed E-state index contributed by atoms with van der Waals surface area (Å²) in [5.74, 6) is -0.570. The van der Waals surface area contributed by atoms with E-state index in [9.17, 15) is 9.59 Å². The fourth-order valence-corrected chi connectivity index (χ4v) is 3.23. The first-order valence-corrected chi connectivity index (χ1v) is 7.54. The number of ketones is 1. The molecule has 22 heavy (non-hydrogen) atoms. The maximum absolute atomic E-state index is 12.2. The Balaban J connectivity index is 2.23. The van der Waals surface area contributed by atoms with E-state index in [0.717, 1.165) is 12.5 Å². The van der Waals surface area contributed by atoms with Crippen molar-refractivity contribution < 1.29 is 14.3 Å². The van der Waals surface area contributed by atoms with Gasteiger partial charge in [0.1, 0.15) is 12.4 Å². The van der Waals surface area contributed by atoms with E-state index in [2.05, 4.69) is 23.6 Å².